The quantitative estimate of drug-likeness (QED) is 0.772. The summed E-state index contributed by atoms with van der Waals surface area (Å²) in [4.78, 5) is 12.1. The van der Waals surface area contributed by atoms with E-state index < -0.39 is 0 Å². The Morgan fingerprint density at radius 1 is 1.50 bits per heavy atom. The standard InChI is InChI=1S/C13H25NO2/c1-9(8-10(2)15)14-12(16)11-6-5-7-13(11,3)4/h9-11,15H,5-8H2,1-4H3,(H,14,16). The van der Waals surface area contributed by atoms with Gasteiger partial charge in [-0.2, -0.15) is 0 Å². The fourth-order valence-corrected chi connectivity index (χ4v) is 2.73. The van der Waals surface area contributed by atoms with Crippen molar-refractivity contribution in [2.75, 3.05) is 0 Å². The van der Waals surface area contributed by atoms with Crippen molar-refractivity contribution in [3.05, 3.63) is 0 Å². The molecule has 1 saturated carbocycles. The van der Waals surface area contributed by atoms with Gasteiger partial charge in [0, 0.05) is 12.0 Å². The van der Waals surface area contributed by atoms with Crippen molar-refractivity contribution in [1.82, 2.24) is 5.32 Å². The molecule has 3 heteroatoms. The largest absolute Gasteiger partial charge is 0.393 e. The second-order valence-electron chi connectivity index (χ2n) is 5.93. The summed E-state index contributed by atoms with van der Waals surface area (Å²) in [7, 11) is 0. The van der Waals surface area contributed by atoms with E-state index in [0.29, 0.717) is 6.42 Å². The highest BCUT2D eigenvalue weighted by Crippen LogP contribution is 2.42. The highest BCUT2D eigenvalue weighted by atomic mass is 16.3. The molecule has 0 aromatic rings. The van der Waals surface area contributed by atoms with Gasteiger partial charge in [-0.05, 0) is 38.5 Å². The van der Waals surface area contributed by atoms with Gasteiger partial charge >= 0.3 is 0 Å². The van der Waals surface area contributed by atoms with Crippen molar-refractivity contribution in [2.24, 2.45) is 11.3 Å². The van der Waals surface area contributed by atoms with Crippen LogP contribution in [-0.4, -0.2) is 23.2 Å². The molecule has 3 nitrogen and oxygen atoms in total. The Kier molecular flexibility index (Phi) is 4.36. The maximum absolute atomic E-state index is 12.1. The van der Waals surface area contributed by atoms with Gasteiger partial charge < -0.3 is 10.4 Å². The third kappa shape index (κ3) is 3.48. The summed E-state index contributed by atoms with van der Waals surface area (Å²) >= 11 is 0. The summed E-state index contributed by atoms with van der Waals surface area (Å²) in [6.45, 7) is 8.04. The number of hydrogen-bond donors (Lipinski definition) is 2. The molecule has 16 heavy (non-hydrogen) atoms. The molecule has 0 heterocycles. The lowest BCUT2D eigenvalue weighted by molar-refractivity contribution is -0.128. The Labute approximate surface area is 98.6 Å². The van der Waals surface area contributed by atoms with Crippen molar-refractivity contribution in [2.45, 2.75) is 65.5 Å². The van der Waals surface area contributed by atoms with Crippen molar-refractivity contribution < 1.29 is 9.90 Å². The van der Waals surface area contributed by atoms with Gasteiger partial charge in [-0.1, -0.05) is 20.3 Å². The smallest absolute Gasteiger partial charge is 0.223 e. The second kappa shape index (κ2) is 5.17. The normalized spacial score (nSPS) is 27.4. The van der Waals surface area contributed by atoms with Crippen LogP contribution in [0.25, 0.3) is 0 Å². The molecule has 0 radical (unpaired) electrons. The zero-order valence-corrected chi connectivity index (χ0v) is 10.9. The van der Waals surface area contributed by atoms with E-state index >= 15 is 0 Å². The molecule has 0 saturated heterocycles. The molecular weight excluding hydrogens is 202 g/mol. The topological polar surface area (TPSA) is 49.3 Å². The Morgan fingerprint density at radius 3 is 2.56 bits per heavy atom. The van der Waals surface area contributed by atoms with Crippen LogP contribution < -0.4 is 5.32 Å². The van der Waals surface area contributed by atoms with Crippen LogP contribution in [0.2, 0.25) is 0 Å². The molecule has 0 aromatic heterocycles. The van der Waals surface area contributed by atoms with Crippen molar-refractivity contribution in [1.29, 1.82) is 0 Å². The maximum atomic E-state index is 12.1. The maximum Gasteiger partial charge on any atom is 0.223 e. The van der Waals surface area contributed by atoms with Crippen LogP contribution in [0.15, 0.2) is 0 Å². The number of nitrogens with one attached hydrogen (secondary N) is 1. The lowest BCUT2D eigenvalue weighted by Crippen LogP contribution is -2.41. The van der Waals surface area contributed by atoms with E-state index in [9.17, 15) is 9.90 Å². The van der Waals surface area contributed by atoms with Crippen LogP contribution in [0.4, 0.5) is 0 Å². The molecule has 2 N–H and O–H groups in total. The molecule has 1 aliphatic carbocycles. The fourth-order valence-electron chi connectivity index (χ4n) is 2.73. The van der Waals surface area contributed by atoms with E-state index in [-0.39, 0.29) is 29.4 Å². The van der Waals surface area contributed by atoms with E-state index in [0.717, 1.165) is 19.3 Å². The van der Waals surface area contributed by atoms with Gasteiger partial charge in [0.2, 0.25) is 5.91 Å². The minimum atomic E-state index is -0.355. The van der Waals surface area contributed by atoms with Crippen LogP contribution in [0.5, 0.6) is 0 Å². The summed E-state index contributed by atoms with van der Waals surface area (Å²) in [6.07, 6.45) is 3.55. The Morgan fingerprint density at radius 2 is 2.12 bits per heavy atom. The SMILES string of the molecule is CC(O)CC(C)NC(=O)C1CCCC1(C)C. The molecule has 3 unspecified atom stereocenters. The third-order valence-electron chi connectivity index (χ3n) is 3.66. The first-order valence-corrected chi connectivity index (χ1v) is 6.31. The van der Waals surface area contributed by atoms with Gasteiger partial charge in [-0.15, -0.1) is 0 Å². The third-order valence-corrected chi connectivity index (χ3v) is 3.66. The molecule has 94 valence electrons. The van der Waals surface area contributed by atoms with Gasteiger partial charge in [-0.25, -0.2) is 0 Å². The molecule has 0 aromatic carbocycles. The molecular formula is C13H25NO2. The average molecular weight is 227 g/mol. The summed E-state index contributed by atoms with van der Waals surface area (Å²) in [5, 5.41) is 12.3. The van der Waals surface area contributed by atoms with Crippen molar-refractivity contribution in [3.8, 4) is 0 Å². The molecule has 1 rings (SSSR count). The Bertz CT molecular complexity index is 248. The summed E-state index contributed by atoms with van der Waals surface area (Å²) in [6, 6.07) is 0.0592. The predicted molar refractivity (Wildman–Crippen MR) is 65.0 cm³/mol. The van der Waals surface area contributed by atoms with E-state index in [1.165, 1.54) is 0 Å². The van der Waals surface area contributed by atoms with Crippen LogP contribution in [0.3, 0.4) is 0 Å². The number of hydrogen-bond acceptors (Lipinski definition) is 2. The molecule has 1 fully saturated rings. The summed E-state index contributed by atoms with van der Waals surface area (Å²) in [5.41, 5.74) is 0.134. The molecule has 1 amide bonds. The minimum Gasteiger partial charge on any atom is -0.393 e. The minimum absolute atomic E-state index is 0.0592. The lowest BCUT2D eigenvalue weighted by atomic mass is 9.81. The average Bonchev–Trinajstić information content (AvgIpc) is 2.43. The Balaban J connectivity index is 2.46. The molecule has 0 bridgehead atoms. The van der Waals surface area contributed by atoms with Crippen molar-refractivity contribution in [3.63, 3.8) is 0 Å². The number of rotatable bonds is 4. The lowest BCUT2D eigenvalue weighted by Gasteiger charge is -2.27. The van der Waals surface area contributed by atoms with Crippen molar-refractivity contribution >= 4 is 5.91 Å². The summed E-state index contributed by atoms with van der Waals surface area (Å²) < 4.78 is 0. The number of carbonyl (C=O) groups is 1. The second-order valence-corrected chi connectivity index (χ2v) is 5.93. The first-order chi connectivity index (χ1) is 7.33. The fraction of sp³-hybridized carbons (Fsp3) is 0.923. The molecule has 0 aliphatic heterocycles. The van der Waals surface area contributed by atoms with Crippen LogP contribution in [-0.2, 0) is 4.79 Å². The van der Waals surface area contributed by atoms with Crippen LogP contribution in [0.1, 0.15) is 53.4 Å². The van der Waals surface area contributed by atoms with E-state index in [2.05, 4.69) is 19.2 Å². The number of amides is 1. The van der Waals surface area contributed by atoms with Gasteiger partial charge in [0.15, 0.2) is 0 Å². The van der Waals surface area contributed by atoms with Gasteiger partial charge in [-0.3, -0.25) is 4.79 Å². The number of aliphatic hydroxyl groups excluding tert-OH is 1. The highest BCUT2D eigenvalue weighted by Gasteiger charge is 2.39. The first-order valence-electron chi connectivity index (χ1n) is 6.31. The number of carbonyl (C=O) groups excluding carboxylic acids is 1. The van der Waals surface area contributed by atoms with Gasteiger partial charge in [0.05, 0.1) is 6.10 Å². The monoisotopic (exact) mass is 227 g/mol. The zero-order chi connectivity index (χ0) is 12.3. The van der Waals surface area contributed by atoms with Crippen LogP contribution in [0, 0.1) is 11.3 Å². The van der Waals surface area contributed by atoms with E-state index in [4.69, 9.17) is 0 Å². The molecule has 3 atom stereocenters. The first kappa shape index (κ1) is 13.5. The summed E-state index contributed by atoms with van der Waals surface area (Å²) in [5.74, 6) is 0.305. The van der Waals surface area contributed by atoms with E-state index in [1.807, 2.05) is 6.92 Å². The Hall–Kier alpha value is -0.570. The number of aliphatic hydroxyl groups is 1. The van der Waals surface area contributed by atoms with E-state index in [1.54, 1.807) is 6.92 Å². The van der Waals surface area contributed by atoms with Crippen LogP contribution >= 0.6 is 0 Å². The molecule has 1 aliphatic rings. The van der Waals surface area contributed by atoms with Gasteiger partial charge in [0.25, 0.3) is 0 Å². The predicted octanol–water partition coefficient (Wildman–Crippen LogP) is 2.09. The highest BCUT2D eigenvalue weighted by molar-refractivity contribution is 5.80. The zero-order valence-electron chi connectivity index (χ0n) is 10.9. The molecule has 0 spiro atoms. The van der Waals surface area contributed by atoms with Gasteiger partial charge in [0.1, 0.15) is 0 Å².